The summed E-state index contributed by atoms with van der Waals surface area (Å²) in [4.78, 5) is 26.0. The molecule has 2 amide bonds. The first-order valence-electron chi connectivity index (χ1n) is 8.22. The molecule has 0 spiro atoms. The molecule has 0 aromatic carbocycles. The molecule has 6 nitrogen and oxygen atoms in total. The Kier molecular flexibility index (Phi) is 5.12. The van der Waals surface area contributed by atoms with Gasteiger partial charge in [0.1, 0.15) is 0 Å². The number of likely N-dealkylation sites (tertiary alicyclic amines) is 1. The summed E-state index contributed by atoms with van der Waals surface area (Å²) in [5.74, 6) is 0.108. The number of carbonyl (C=O) groups is 2. The molecule has 1 fully saturated rings. The van der Waals surface area contributed by atoms with Crippen molar-refractivity contribution in [3.8, 4) is 0 Å². The lowest BCUT2D eigenvalue weighted by Gasteiger charge is -2.26. The minimum atomic E-state index is -0.0715. The highest BCUT2D eigenvalue weighted by Gasteiger charge is 2.32. The van der Waals surface area contributed by atoms with E-state index in [-0.39, 0.29) is 23.3 Å². The Morgan fingerprint density at radius 3 is 2.65 bits per heavy atom. The lowest BCUT2D eigenvalue weighted by Crippen LogP contribution is -2.39. The zero-order chi connectivity index (χ0) is 17.2. The first-order chi connectivity index (χ1) is 10.6. The number of nitrogens with zero attached hydrogens (tertiary/aromatic N) is 3. The van der Waals surface area contributed by atoms with Crippen LogP contribution in [0.4, 0.5) is 0 Å². The zero-order valence-corrected chi connectivity index (χ0v) is 14.8. The Hall–Kier alpha value is -1.85. The molecule has 0 aliphatic carbocycles. The van der Waals surface area contributed by atoms with Gasteiger partial charge in [0.15, 0.2) is 0 Å². The molecule has 0 saturated carbocycles. The standard InChI is InChI=1S/C17H28N4O2/c1-12-8-13(2)21(19-12)7-6-15(22)18-14-9-16(23)20(10-14)11-17(3,4)5/h8,14H,6-7,9-11H2,1-5H3,(H,18,22)/t14-/m1/s1. The fraction of sp³-hybridized carbons (Fsp3) is 0.706. The first-order valence-corrected chi connectivity index (χ1v) is 8.22. The van der Waals surface area contributed by atoms with Gasteiger partial charge in [0.2, 0.25) is 11.8 Å². The summed E-state index contributed by atoms with van der Waals surface area (Å²) in [6.45, 7) is 12.2. The lowest BCUT2D eigenvalue weighted by atomic mass is 9.96. The Balaban J connectivity index is 1.80. The van der Waals surface area contributed by atoms with Crippen LogP contribution in [0, 0.1) is 19.3 Å². The molecule has 1 aromatic heterocycles. The van der Waals surface area contributed by atoms with E-state index in [1.807, 2.05) is 29.5 Å². The fourth-order valence-corrected chi connectivity index (χ4v) is 3.00. The number of rotatable bonds is 5. The van der Waals surface area contributed by atoms with Crippen molar-refractivity contribution >= 4 is 11.8 Å². The van der Waals surface area contributed by atoms with Gasteiger partial charge >= 0.3 is 0 Å². The molecule has 0 bridgehead atoms. The average molecular weight is 320 g/mol. The SMILES string of the molecule is Cc1cc(C)n(CCC(=O)N[C@@H]2CC(=O)N(CC(C)(C)C)C2)n1. The molecule has 1 atom stereocenters. The molecule has 1 saturated heterocycles. The summed E-state index contributed by atoms with van der Waals surface area (Å²) in [5, 5.41) is 7.33. The van der Waals surface area contributed by atoms with Crippen LogP contribution in [0.25, 0.3) is 0 Å². The van der Waals surface area contributed by atoms with Gasteiger partial charge in [0.25, 0.3) is 0 Å². The van der Waals surface area contributed by atoms with Crippen LogP contribution in [0.15, 0.2) is 6.07 Å². The number of hydrogen-bond donors (Lipinski definition) is 1. The second kappa shape index (κ2) is 6.72. The molecule has 1 aliphatic rings. The molecule has 0 radical (unpaired) electrons. The molecule has 2 heterocycles. The topological polar surface area (TPSA) is 67.2 Å². The summed E-state index contributed by atoms with van der Waals surface area (Å²) < 4.78 is 1.85. The zero-order valence-electron chi connectivity index (χ0n) is 14.8. The number of aryl methyl sites for hydroxylation is 3. The minimum Gasteiger partial charge on any atom is -0.351 e. The second-order valence-corrected chi connectivity index (χ2v) is 7.70. The molecule has 0 unspecified atom stereocenters. The molecule has 2 rings (SSSR count). The lowest BCUT2D eigenvalue weighted by molar-refractivity contribution is -0.128. The van der Waals surface area contributed by atoms with E-state index in [0.29, 0.717) is 25.9 Å². The van der Waals surface area contributed by atoms with Gasteiger partial charge in [-0.1, -0.05) is 20.8 Å². The molecular formula is C17H28N4O2. The Morgan fingerprint density at radius 1 is 1.39 bits per heavy atom. The van der Waals surface area contributed by atoms with Crippen molar-refractivity contribution in [2.24, 2.45) is 5.41 Å². The summed E-state index contributed by atoms with van der Waals surface area (Å²) >= 11 is 0. The third-order valence-electron chi connectivity index (χ3n) is 3.90. The Bertz CT molecular complexity index is 586. The number of amides is 2. The Labute approximate surface area is 138 Å². The summed E-state index contributed by atoms with van der Waals surface area (Å²) in [6, 6.07) is 1.93. The van der Waals surface area contributed by atoms with Crippen LogP contribution < -0.4 is 5.32 Å². The van der Waals surface area contributed by atoms with Crippen molar-refractivity contribution in [2.45, 2.75) is 60.0 Å². The second-order valence-electron chi connectivity index (χ2n) is 7.70. The molecular weight excluding hydrogens is 292 g/mol. The summed E-state index contributed by atoms with van der Waals surface area (Å²) in [6.07, 6.45) is 0.785. The molecule has 6 heteroatoms. The van der Waals surface area contributed by atoms with Gasteiger partial charge in [-0.2, -0.15) is 5.10 Å². The van der Waals surface area contributed by atoms with Crippen LogP contribution in [-0.4, -0.2) is 45.6 Å². The maximum absolute atomic E-state index is 12.1. The van der Waals surface area contributed by atoms with Crippen LogP contribution in [0.1, 0.15) is 45.0 Å². The average Bonchev–Trinajstić information content (AvgIpc) is 2.88. The first kappa shape index (κ1) is 17.5. The maximum atomic E-state index is 12.1. The van der Waals surface area contributed by atoms with Crippen LogP contribution in [0.2, 0.25) is 0 Å². The van der Waals surface area contributed by atoms with Gasteiger partial charge in [-0.3, -0.25) is 14.3 Å². The van der Waals surface area contributed by atoms with Gasteiger partial charge < -0.3 is 10.2 Å². The largest absolute Gasteiger partial charge is 0.351 e. The highest BCUT2D eigenvalue weighted by molar-refractivity contribution is 5.82. The molecule has 1 N–H and O–H groups in total. The van der Waals surface area contributed by atoms with Gasteiger partial charge in [-0.05, 0) is 25.3 Å². The third-order valence-corrected chi connectivity index (χ3v) is 3.90. The maximum Gasteiger partial charge on any atom is 0.224 e. The van der Waals surface area contributed by atoms with Gasteiger partial charge in [-0.25, -0.2) is 0 Å². The highest BCUT2D eigenvalue weighted by atomic mass is 16.2. The minimum absolute atomic E-state index is 0.0204. The van der Waals surface area contributed by atoms with Gasteiger partial charge in [-0.15, -0.1) is 0 Å². The highest BCUT2D eigenvalue weighted by Crippen LogP contribution is 2.20. The quantitative estimate of drug-likeness (QED) is 0.897. The van der Waals surface area contributed by atoms with E-state index < -0.39 is 0 Å². The Morgan fingerprint density at radius 2 is 2.09 bits per heavy atom. The third kappa shape index (κ3) is 5.08. The van der Waals surface area contributed by atoms with Gasteiger partial charge in [0, 0.05) is 38.2 Å². The number of carbonyl (C=O) groups excluding carboxylic acids is 2. The van der Waals surface area contributed by atoms with Crippen molar-refractivity contribution in [3.63, 3.8) is 0 Å². The van der Waals surface area contributed by atoms with Crippen LogP contribution in [0.3, 0.4) is 0 Å². The molecule has 128 valence electrons. The van der Waals surface area contributed by atoms with Crippen molar-refractivity contribution < 1.29 is 9.59 Å². The van der Waals surface area contributed by atoms with E-state index in [1.54, 1.807) is 0 Å². The summed E-state index contributed by atoms with van der Waals surface area (Å²) in [5.41, 5.74) is 2.09. The van der Waals surface area contributed by atoms with Crippen LogP contribution in [0.5, 0.6) is 0 Å². The molecule has 23 heavy (non-hydrogen) atoms. The molecule has 1 aliphatic heterocycles. The predicted octanol–water partition coefficient (Wildman–Crippen LogP) is 1.65. The number of nitrogens with one attached hydrogen (secondary N) is 1. The number of hydrogen-bond acceptors (Lipinski definition) is 3. The van der Waals surface area contributed by atoms with E-state index in [9.17, 15) is 9.59 Å². The smallest absolute Gasteiger partial charge is 0.224 e. The number of aromatic nitrogens is 2. The van der Waals surface area contributed by atoms with E-state index in [4.69, 9.17) is 0 Å². The van der Waals surface area contributed by atoms with E-state index in [2.05, 4.69) is 31.2 Å². The van der Waals surface area contributed by atoms with Crippen LogP contribution >= 0.6 is 0 Å². The fourth-order valence-electron chi connectivity index (χ4n) is 3.00. The van der Waals surface area contributed by atoms with Gasteiger partial charge in [0.05, 0.1) is 11.7 Å². The monoisotopic (exact) mass is 320 g/mol. The summed E-state index contributed by atoms with van der Waals surface area (Å²) in [7, 11) is 0. The van der Waals surface area contributed by atoms with E-state index in [1.165, 1.54) is 0 Å². The predicted molar refractivity (Wildman–Crippen MR) is 88.9 cm³/mol. The van der Waals surface area contributed by atoms with Crippen molar-refractivity contribution in [1.29, 1.82) is 0 Å². The van der Waals surface area contributed by atoms with Crippen LogP contribution in [-0.2, 0) is 16.1 Å². The van der Waals surface area contributed by atoms with Crippen molar-refractivity contribution in [2.75, 3.05) is 13.1 Å². The van der Waals surface area contributed by atoms with Crippen molar-refractivity contribution in [3.05, 3.63) is 17.5 Å². The van der Waals surface area contributed by atoms with E-state index >= 15 is 0 Å². The van der Waals surface area contributed by atoms with E-state index in [0.717, 1.165) is 17.9 Å². The molecule has 1 aromatic rings. The normalized spacial score (nSPS) is 18.6. The van der Waals surface area contributed by atoms with Crippen molar-refractivity contribution in [1.82, 2.24) is 20.0 Å².